The molecule has 1 radical (unpaired) electrons. The molecule has 0 unspecified atom stereocenters. The van der Waals surface area contributed by atoms with Crippen molar-refractivity contribution in [2.45, 2.75) is 65.7 Å². The van der Waals surface area contributed by atoms with Crippen LogP contribution in [0.5, 0.6) is 0 Å². The molecule has 1 aromatic carbocycles. The van der Waals surface area contributed by atoms with Crippen LogP contribution in [0.2, 0.25) is 0 Å². The van der Waals surface area contributed by atoms with E-state index in [1.54, 1.807) is 45.0 Å². The van der Waals surface area contributed by atoms with Gasteiger partial charge in [0.2, 0.25) is 5.91 Å². The topological polar surface area (TPSA) is 93.7 Å². The number of alkyl carbamates (subject to hydrolysis) is 1. The van der Waals surface area contributed by atoms with Crippen LogP contribution in [0, 0.1) is 13.0 Å². The Bertz CT molecular complexity index is 662. The van der Waals surface area contributed by atoms with E-state index in [1.807, 2.05) is 13.8 Å². The van der Waals surface area contributed by atoms with Gasteiger partial charge < -0.3 is 20.1 Å². The molecule has 0 aromatic heterocycles. The molecule has 0 heterocycles. The summed E-state index contributed by atoms with van der Waals surface area (Å²) in [5.41, 5.74) is 0.969. The first-order chi connectivity index (χ1) is 13.0. The molecule has 0 saturated carbocycles. The van der Waals surface area contributed by atoms with Gasteiger partial charge in [0.1, 0.15) is 18.2 Å². The van der Waals surface area contributed by atoms with Crippen LogP contribution in [0.3, 0.4) is 0 Å². The zero-order valence-electron chi connectivity index (χ0n) is 17.3. The molecule has 0 aliphatic heterocycles. The summed E-state index contributed by atoms with van der Waals surface area (Å²) in [4.78, 5) is 35.8. The third-order valence-corrected chi connectivity index (χ3v) is 3.65. The molecule has 2 amide bonds. The summed E-state index contributed by atoms with van der Waals surface area (Å²) in [6.07, 6.45) is 0.0277. The predicted molar refractivity (Wildman–Crippen MR) is 106 cm³/mol. The van der Waals surface area contributed by atoms with Gasteiger partial charge in [0, 0.05) is 7.05 Å². The van der Waals surface area contributed by atoms with Gasteiger partial charge in [-0.2, -0.15) is 0 Å². The Kier molecular flexibility index (Phi) is 8.96. The SMILES string of the molecule is [CH2]NC(=O)Cc1ccc(COC(=O)[C@H](CC(C)C)NC(=O)OC(C)(C)C)cc1. The molecule has 2 N–H and O–H groups in total. The van der Waals surface area contributed by atoms with E-state index in [0.29, 0.717) is 6.42 Å². The number of hydrogen-bond donors (Lipinski definition) is 2. The van der Waals surface area contributed by atoms with Crippen LogP contribution in [-0.2, 0) is 32.1 Å². The number of benzene rings is 1. The monoisotopic (exact) mass is 391 g/mol. The summed E-state index contributed by atoms with van der Waals surface area (Å²) in [5, 5.41) is 4.91. The Morgan fingerprint density at radius 2 is 1.64 bits per heavy atom. The number of hydrogen-bond acceptors (Lipinski definition) is 5. The second-order valence-electron chi connectivity index (χ2n) is 8.03. The highest BCUT2D eigenvalue weighted by Gasteiger charge is 2.26. The molecule has 1 aromatic rings. The van der Waals surface area contributed by atoms with E-state index in [-0.39, 0.29) is 24.9 Å². The lowest BCUT2D eigenvalue weighted by molar-refractivity contribution is -0.148. The molecule has 7 nitrogen and oxygen atoms in total. The van der Waals surface area contributed by atoms with E-state index < -0.39 is 23.7 Å². The number of ether oxygens (including phenoxy) is 2. The highest BCUT2D eigenvalue weighted by molar-refractivity contribution is 5.81. The predicted octanol–water partition coefficient (Wildman–Crippen LogP) is 3.12. The molecule has 0 spiro atoms. The highest BCUT2D eigenvalue weighted by Crippen LogP contribution is 2.12. The molecular formula is C21H31N2O5. The first-order valence-corrected chi connectivity index (χ1v) is 9.30. The average molecular weight is 391 g/mol. The molecule has 1 atom stereocenters. The van der Waals surface area contributed by atoms with Crippen molar-refractivity contribution >= 4 is 18.0 Å². The van der Waals surface area contributed by atoms with Crippen molar-refractivity contribution in [3.63, 3.8) is 0 Å². The molecule has 0 saturated heterocycles. The van der Waals surface area contributed by atoms with Crippen molar-refractivity contribution in [1.82, 2.24) is 10.6 Å². The lowest BCUT2D eigenvalue weighted by Gasteiger charge is -2.23. The Balaban J connectivity index is 2.64. The second-order valence-corrected chi connectivity index (χ2v) is 8.03. The Morgan fingerprint density at radius 1 is 1.07 bits per heavy atom. The van der Waals surface area contributed by atoms with Crippen LogP contribution >= 0.6 is 0 Å². The Morgan fingerprint density at radius 3 is 2.14 bits per heavy atom. The third-order valence-electron chi connectivity index (χ3n) is 3.65. The van der Waals surface area contributed by atoms with Crippen molar-refractivity contribution in [1.29, 1.82) is 0 Å². The standard InChI is InChI=1S/C21H31N2O5/c1-14(2)11-17(23-20(26)28-21(3,4)5)19(25)27-13-16-9-7-15(8-10-16)12-18(24)22-6/h7-10,14,17H,6,11-13H2,1-5H3,(H,22,24)(H,23,26)/t17-/m0/s1. The van der Waals surface area contributed by atoms with E-state index in [1.165, 1.54) is 0 Å². The molecule has 7 heteroatoms. The molecule has 1 rings (SSSR count). The number of rotatable bonds is 8. The van der Waals surface area contributed by atoms with Crippen LogP contribution in [-0.4, -0.2) is 29.6 Å². The van der Waals surface area contributed by atoms with Crippen LogP contribution < -0.4 is 10.6 Å². The number of esters is 1. The fourth-order valence-corrected chi connectivity index (χ4v) is 2.39. The molecule has 0 bridgehead atoms. The number of amides is 2. The van der Waals surface area contributed by atoms with Gasteiger partial charge in [0.25, 0.3) is 0 Å². The van der Waals surface area contributed by atoms with Gasteiger partial charge in [-0.25, -0.2) is 9.59 Å². The molecule has 0 aliphatic carbocycles. The minimum Gasteiger partial charge on any atom is -0.459 e. The summed E-state index contributed by atoms with van der Waals surface area (Å²) >= 11 is 0. The van der Waals surface area contributed by atoms with Crippen LogP contribution in [0.1, 0.15) is 52.2 Å². The first-order valence-electron chi connectivity index (χ1n) is 9.30. The van der Waals surface area contributed by atoms with E-state index in [4.69, 9.17) is 9.47 Å². The summed E-state index contributed by atoms with van der Waals surface area (Å²) in [6, 6.07) is 6.39. The smallest absolute Gasteiger partial charge is 0.408 e. The highest BCUT2D eigenvalue weighted by atomic mass is 16.6. The van der Waals surface area contributed by atoms with Gasteiger partial charge >= 0.3 is 12.1 Å². The molecule has 0 aliphatic rings. The van der Waals surface area contributed by atoms with E-state index >= 15 is 0 Å². The van der Waals surface area contributed by atoms with E-state index in [0.717, 1.165) is 11.1 Å². The number of carbonyl (C=O) groups excluding carboxylic acids is 3. The lowest BCUT2D eigenvalue weighted by atomic mass is 10.0. The van der Waals surface area contributed by atoms with E-state index in [2.05, 4.69) is 17.7 Å². The summed E-state index contributed by atoms with van der Waals surface area (Å²) < 4.78 is 10.6. The summed E-state index contributed by atoms with van der Waals surface area (Å²) in [7, 11) is 3.33. The zero-order chi connectivity index (χ0) is 21.3. The lowest BCUT2D eigenvalue weighted by Crippen LogP contribution is -2.44. The van der Waals surface area contributed by atoms with Crippen molar-refractivity contribution in [3.05, 3.63) is 42.4 Å². The van der Waals surface area contributed by atoms with Crippen molar-refractivity contribution in [3.8, 4) is 0 Å². The van der Waals surface area contributed by atoms with Gasteiger partial charge in [-0.05, 0) is 44.2 Å². The van der Waals surface area contributed by atoms with E-state index in [9.17, 15) is 14.4 Å². The second kappa shape index (κ2) is 10.7. The fourth-order valence-electron chi connectivity index (χ4n) is 2.39. The van der Waals surface area contributed by atoms with Crippen molar-refractivity contribution in [2.24, 2.45) is 5.92 Å². The van der Waals surface area contributed by atoms with Gasteiger partial charge in [-0.3, -0.25) is 4.79 Å². The van der Waals surface area contributed by atoms with Gasteiger partial charge in [0.05, 0.1) is 6.42 Å². The fraction of sp³-hybridized carbons (Fsp3) is 0.524. The molecule has 0 fully saturated rings. The largest absolute Gasteiger partial charge is 0.459 e. The normalized spacial score (nSPS) is 12.2. The van der Waals surface area contributed by atoms with Crippen LogP contribution in [0.25, 0.3) is 0 Å². The maximum atomic E-state index is 12.5. The van der Waals surface area contributed by atoms with Gasteiger partial charge in [-0.15, -0.1) is 0 Å². The number of carbonyl (C=O) groups is 3. The average Bonchev–Trinajstić information content (AvgIpc) is 2.58. The maximum absolute atomic E-state index is 12.5. The van der Waals surface area contributed by atoms with Gasteiger partial charge in [0.15, 0.2) is 0 Å². The minimum atomic E-state index is -0.783. The summed E-state index contributed by atoms with van der Waals surface area (Å²) in [5.74, 6) is -0.505. The summed E-state index contributed by atoms with van der Waals surface area (Å²) in [6.45, 7) is 9.26. The molecular weight excluding hydrogens is 360 g/mol. The third kappa shape index (κ3) is 9.39. The number of nitrogens with one attached hydrogen (secondary N) is 2. The zero-order valence-corrected chi connectivity index (χ0v) is 17.3. The first kappa shape index (κ1) is 23.5. The van der Waals surface area contributed by atoms with Crippen molar-refractivity contribution in [2.75, 3.05) is 0 Å². The Labute approximate surface area is 167 Å². The quantitative estimate of drug-likeness (QED) is 0.664. The van der Waals surface area contributed by atoms with Crippen LogP contribution in [0.4, 0.5) is 4.79 Å². The molecule has 28 heavy (non-hydrogen) atoms. The van der Waals surface area contributed by atoms with Crippen LogP contribution in [0.15, 0.2) is 24.3 Å². The molecule has 155 valence electrons. The van der Waals surface area contributed by atoms with Crippen molar-refractivity contribution < 1.29 is 23.9 Å². The minimum absolute atomic E-state index is 0.0746. The van der Waals surface area contributed by atoms with Gasteiger partial charge in [-0.1, -0.05) is 38.1 Å². The maximum Gasteiger partial charge on any atom is 0.408 e. The Hall–Kier alpha value is -2.57.